The predicted octanol–water partition coefficient (Wildman–Crippen LogP) is 5.83. The first-order valence-corrected chi connectivity index (χ1v) is 13.9. The first-order chi connectivity index (χ1) is 21.2. The van der Waals surface area contributed by atoms with Gasteiger partial charge in [0.1, 0.15) is 0 Å². The summed E-state index contributed by atoms with van der Waals surface area (Å²) in [7, 11) is 0. The van der Waals surface area contributed by atoms with Crippen molar-refractivity contribution in [1.82, 2.24) is 10.3 Å². The van der Waals surface area contributed by atoms with Gasteiger partial charge in [0.25, 0.3) is 5.91 Å². The number of amides is 3. The zero-order chi connectivity index (χ0) is 32.8. The largest absolute Gasteiger partial charge is 0.389 e. The number of nitrogens with one attached hydrogen (secondary N) is 1. The number of aromatic nitrogens is 1. The Morgan fingerprint density at radius 2 is 1.53 bits per heavy atom. The molecular formula is C31H29F6N5O3. The fourth-order valence-electron chi connectivity index (χ4n) is 5.18. The van der Waals surface area contributed by atoms with Crippen molar-refractivity contribution in [3.8, 4) is 0 Å². The molecule has 3 aromatic rings. The minimum atomic E-state index is -4.72. The third-order valence-corrected chi connectivity index (χ3v) is 7.25. The average molecular weight is 634 g/mol. The molecule has 0 fully saturated rings. The molecule has 3 amide bonds. The number of hydrogen-bond donors (Lipinski definition) is 2. The van der Waals surface area contributed by atoms with Gasteiger partial charge in [-0.2, -0.15) is 26.3 Å². The van der Waals surface area contributed by atoms with Crippen LogP contribution in [-0.2, 0) is 14.4 Å². The number of nitrogens with zero attached hydrogens (tertiary/aromatic N) is 3. The summed E-state index contributed by atoms with van der Waals surface area (Å²) in [5.74, 6) is -6.65. The van der Waals surface area contributed by atoms with Gasteiger partial charge in [-0.25, -0.2) is 4.99 Å². The van der Waals surface area contributed by atoms with Crippen molar-refractivity contribution in [3.63, 3.8) is 0 Å². The monoisotopic (exact) mass is 633 g/mol. The summed E-state index contributed by atoms with van der Waals surface area (Å²) in [4.78, 5) is 50.1. The zero-order valence-corrected chi connectivity index (χ0v) is 23.7. The van der Waals surface area contributed by atoms with Crippen molar-refractivity contribution in [2.75, 3.05) is 4.90 Å². The first-order valence-electron chi connectivity index (χ1n) is 13.9. The Balaban J connectivity index is 1.78. The normalized spacial score (nSPS) is 16.7. The van der Waals surface area contributed by atoms with E-state index in [1.807, 2.05) is 0 Å². The molecule has 2 heterocycles. The summed E-state index contributed by atoms with van der Waals surface area (Å²) in [6, 6.07) is 18.6. The molecule has 0 saturated carbocycles. The Morgan fingerprint density at radius 3 is 2.16 bits per heavy atom. The molecule has 45 heavy (non-hydrogen) atoms. The van der Waals surface area contributed by atoms with Gasteiger partial charge in [0.2, 0.25) is 18.0 Å². The number of rotatable bonds is 11. The fraction of sp³-hybridized carbons (Fsp3) is 0.323. The quantitative estimate of drug-likeness (QED) is 0.258. The maximum atomic E-state index is 14.1. The molecule has 0 bridgehead atoms. The molecule has 0 saturated heterocycles. The van der Waals surface area contributed by atoms with Gasteiger partial charge >= 0.3 is 12.4 Å². The summed E-state index contributed by atoms with van der Waals surface area (Å²) in [5, 5.41) is 2.41. The van der Waals surface area contributed by atoms with Crippen LogP contribution in [0.4, 0.5) is 37.7 Å². The van der Waals surface area contributed by atoms with Crippen LogP contribution in [0.1, 0.15) is 43.2 Å². The summed E-state index contributed by atoms with van der Waals surface area (Å²) >= 11 is 0. The molecule has 3 atom stereocenters. The van der Waals surface area contributed by atoms with Gasteiger partial charge in [0.15, 0.2) is 0 Å². The van der Waals surface area contributed by atoms with Crippen LogP contribution in [0.25, 0.3) is 0 Å². The molecule has 14 heteroatoms. The highest BCUT2D eigenvalue weighted by molar-refractivity contribution is 6.21. The molecule has 0 spiro atoms. The number of hydrogen-bond acceptors (Lipinski definition) is 5. The summed E-state index contributed by atoms with van der Waals surface area (Å²) in [6.45, 7) is 0. The Morgan fingerprint density at radius 1 is 0.867 bits per heavy atom. The number of aliphatic imine (C=N–C) groups is 1. The Hall–Kier alpha value is -4.75. The van der Waals surface area contributed by atoms with Crippen LogP contribution in [0.2, 0.25) is 0 Å². The molecule has 8 nitrogen and oxygen atoms in total. The average Bonchev–Trinajstić information content (AvgIpc) is 3.10. The van der Waals surface area contributed by atoms with Gasteiger partial charge in [-0.1, -0.05) is 48.5 Å². The van der Waals surface area contributed by atoms with Crippen LogP contribution >= 0.6 is 0 Å². The number of nitrogens with two attached hydrogens (primary N) is 1. The van der Waals surface area contributed by atoms with Gasteiger partial charge < -0.3 is 11.1 Å². The lowest BCUT2D eigenvalue weighted by molar-refractivity contribution is -0.147. The molecule has 3 N–H and O–H groups in total. The minimum absolute atomic E-state index is 0.286. The third kappa shape index (κ3) is 8.67. The number of primary amides is 1. The summed E-state index contributed by atoms with van der Waals surface area (Å²) in [6.07, 6.45) is -13.2. The van der Waals surface area contributed by atoms with E-state index in [1.54, 1.807) is 66.7 Å². The molecule has 0 unspecified atom stereocenters. The summed E-state index contributed by atoms with van der Waals surface area (Å²) < 4.78 is 78.1. The van der Waals surface area contributed by atoms with Gasteiger partial charge in [-0.05, 0) is 37.5 Å². The highest BCUT2D eigenvalue weighted by atomic mass is 19.4. The lowest BCUT2D eigenvalue weighted by Crippen LogP contribution is -2.50. The lowest BCUT2D eigenvalue weighted by atomic mass is 9.83. The van der Waals surface area contributed by atoms with E-state index in [0.29, 0.717) is 22.5 Å². The van der Waals surface area contributed by atoms with E-state index in [2.05, 4.69) is 15.3 Å². The molecular weight excluding hydrogens is 604 g/mol. The van der Waals surface area contributed by atoms with Gasteiger partial charge in [0.05, 0.1) is 23.3 Å². The molecule has 0 radical (unpaired) electrons. The van der Waals surface area contributed by atoms with Crippen molar-refractivity contribution in [1.29, 1.82) is 0 Å². The molecule has 4 rings (SSSR count). The van der Waals surface area contributed by atoms with E-state index in [1.165, 1.54) is 17.3 Å². The maximum Gasteiger partial charge on any atom is 0.389 e. The third-order valence-electron chi connectivity index (χ3n) is 7.25. The molecule has 1 aromatic heterocycles. The molecule has 1 aliphatic heterocycles. The number of para-hydroxylation sites is 1. The van der Waals surface area contributed by atoms with E-state index in [9.17, 15) is 40.7 Å². The second-order valence-corrected chi connectivity index (χ2v) is 10.4. The molecule has 238 valence electrons. The SMILES string of the molecule is NC(=O)[C@H](CCC(F)(F)F)[C@H](CCCC(F)(F)F)C(=O)N[C@H]1N=C(c2ccccc2)c2ccccc2N(c2cccnc2)C1=O. The van der Waals surface area contributed by atoms with Crippen LogP contribution in [0.3, 0.4) is 0 Å². The first kappa shape index (κ1) is 33.1. The number of benzene rings is 2. The van der Waals surface area contributed by atoms with Crippen molar-refractivity contribution in [2.24, 2.45) is 22.6 Å². The van der Waals surface area contributed by atoms with E-state index < -0.39 is 80.2 Å². The van der Waals surface area contributed by atoms with Gasteiger partial charge in [-0.15, -0.1) is 0 Å². The van der Waals surface area contributed by atoms with Crippen LogP contribution in [-0.4, -0.2) is 46.9 Å². The van der Waals surface area contributed by atoms with Crippen molar-refractivity contribution in [3.05, 3.63) is 90.3 Å². The Kier molecular flexibility index (Phi) is 10.2. The second-order valence-electron chi connectivity index (χ2n) is 10.4. The number of halogens is 6. The number of benzodiazepines with no additional fused rings is 1. The van der Waals surface area contributed by atoms with Gasteiger partial charge in [0, 0.05) is 42.0 Å². The topological polar surface area (TPSA) is 118 Å². The van der Waals surface area contributed by atoms with E-state index in [-0.39, 0.29) is 5.71 Å². The van der Waals surface area contributed by atoms with Crippen molar-refractivity contribution >= 4 is 34.8 Å². The number of carbonyl (C=O) groups is 3. The Bertz CT molecular complexity index is 1530. The number of fused-ring (bicyclic) bond motifs is 1. The van der Waals surface area contributed by atoms with Crippen LogP contribution in [0.5, 0.6) is 0 Å². The molecule has 2 aromatic carbocycles. The van der Waals surface area contributed by atoms with Crippen LogP contribution in [0.15, 0.2) is 84.1 Å². The second kappa shape index (κ2) is 13.9. The zero-order valence-electron chi connectivity index (χ0n) is 23.7. The maximum absolute atomic E-state index is 14.1. The lowest BCUT2D eigenvalue weighted by Gasteiger charge is -2.28. The molecule has 0 aliphatic carbocycles. The number of anilines is 2. The highest BCUT2D eigenvalue weighted by Gasteiger charge is 2.40. The highest BCUT2D eigenvalue weighted by Crippen LogP contribution is 2.35. The van der Waals surface area contributed by atoms with Gasteiger partial charge in [-0.3, -0.25) is 24.3 Å². The Labute approximate surface area is 254 Å². The van der Waals surface area contributed by atoms with Crippen molar-refractivity contribution in [2.45, 2.75) is 50.6 Å². The minimum Gasteiger partial charge on any atom is -0.369 e. The standard InChI is InChI=1S/C31H29F6N5O3/c32-30(33,34)15-6-12-22(21(26(38)43)14-16-31(35,36)37)28(44)41-27-29(45)42(20-10-7-17-39-18-20)24-13-5-4-11-23(24)25(40-27)19-8-2-1-3-9-19/h1-5,7-11,13,17-18,21-22,27H,6,12,14-16H2,(H2,38,43)(H,41,44)/t21-,22+,27-/m1/s1. The molecule has 1 aliphatic rings. The van der Waals surface area contributed by atoms with E-state index in [0.717, 1.165) is 0 Å². The number of alkyl halides is 6. The number of carbonyl (C=O) groups excluding carboxylic acids is 3. The summed E-state index contributed by atoms with van der Waals surface area (Å²) in [5.41, 5.74) is 7.42. The predicted molar refractivity (Wildman–Crippen MR) is 153 cm³/mol. The van der Waals surface area contributed by atoms with Crippen molar-refractivity contribution < 1.29 is 40.7 Å². The van der Waals surface area contributed by atoms with E-state index in [4.69, 9.17) is 5.73 Å². The number of pyridine rings is 1. The van der Waals surface area contributed by atoms with Crippen LogP contribution in [0, 0.1) is 11.8 Å². The van der Waals surface area contributed by atoms with Crippen LogP contribution < -0.4 is 16.0 Å². The van der Waals surface area contributed by atoms with E-state index >= 15 is 0 Å². The fourth-order valence-corrected chi connectivity index (χ4v) is 5.18. The smallest absolute Gasteiger partial charge is 0.369 e.